The summed E-state index contributed by atoms with van der Waals surface area (Å²) in [6.07, 6.45) is 2.39. The number of hydrogen-bond donors (Lipinski definition) is 1. The van der Waals surface area contributed by atoms with Gasteiger partial charge < -0.3 is 5.32 Å². The van der Waals surface area contributed by atoms with Crippen LogP contribution in [0.15, 0.2) is 10.6 Å². The van der Waals surface area contributed by atoms with E-state index in [9.17, 15) is 14.4 Å². The first-order valence-corrected chi connectivity index (χ1v) is 6.17. The molecule has 5 nitrogen and oxygen atoms in total. The van der Waals surface area contributed by atoms with Gasteiger partial charge in [0.15, 0.2) is 0 Å². The van der Waals surface area contributed by atoms with Crippen LogP contribution in [-0.4, -0.2) is 35.7 Å². The molecule has 92 valence electrons. The second-order valence-corrected chi connectivity index (χ2v) is 5.29. The molecule has 1 aliphatic carbocycles. The van der Waals surface area contributed by atoms with Crippen molar-refractivity contribution in [1.29, 1.82) is 0 Å². The number of amides is 3. The zero-order valence-electron chi connectivity index (χ0n) is 9.57. The van der Waals surface area contributed by atoms with E-state index in [1.165, 1.54) is 14.0 Å². The van der Waals surface area contributed by atoms with E-state index in [1.807, 2.05) is 6.08 Å². The number of carbonyl (C=O) groups is 3. The number of imide groups is 1. The first kappa shape index (κ1) is 12.3. The lowest BCUT2D eigenvalue weighted by atomic mass is 9.81. The van der Waals surface area contributed by atoms with E-state index in [4.69, 9.17) is 0 Å². The third-order valence-electron chi connectivity index (χ3n) is 3.28. The summed E-state index contributed by atoms with van der Waals surface area (Å²) in [6, 6.07) is -0.423. The molecule has 17 heavy (non-hydrogen) atoms. The van der Waals surface area contributed by atoms with Gasteiger partial charge in [-0.25, -0.2) is 0 Å². The highest BCUT2D eigenvalue weighted by atomic mass is 79.9. The van der Waals surface area contributed by atoms with Gasteiger partial charge in [-0.2, -0.15) is 0 Å². The van der Waals surface area contributed by atoms with Gasteiger partial charge in [0.25, 0.3) is 0 Å². The molecule has 0 spiro atoms. The number of carbonyl (C=O) groups excluding carboxylic acids is 3. The highest BCUT2D eigenvalue weighted by Crippen LogP contribution is 2.39. The number of nitrogens with one attached hydrogen (secondary N) is 1. The molecule has 1 fully saturated rings. The number of nitrogens with zero attached hydrogens (tertiary/aromatic N) is 1. The van der Waals surface area contributed by atoms with Crippen molar-refractivity contribution in [2.75, 3.05) is 7.05 Å². The van der Waals surface area contributed by atoms with Crippen molar-refractivity contribution in [1.82, 2.24) is 10.2 Å². The number of fused-ring (bicyclic) bond motifs is 1. The molecule has 3 amide bonds. The smallest absolute Gasteiger partial charge is 0.235 e. The van der Waals surface area contributed by atoms with Gasteiger partial charge in [-0.3, -0.25) is 19.3 Å². The second-order valence-electron chi connectivity index (χ2n) is 4.37. The largest absolute Gasteiger partial charge is 0.348 e. The van der Waals surface area contributed by atoms with Crippen LogP contribution in [0.1, 0.15) is 13.3 Å². The zero-order chi connectivity index (χ0) is 12.7. The summed E-state index contributed by atoms with van der Waals surface area (Å²) < 4.78 is 0.769. The van der Waals surface area contributed by atoms with Crippen molar-refractivity contribution in [2.24, 2.45) is 11.8 Å². The first-order valence-electron chi connectivity index (χ1n) is 5.37. The monoisotopic (exact) mass is 300 g/mol. The van der Waals surface area contributed by atoms with Crippen LogP contribution in [0.4, 0.5) is 0 Å². The maximum atomic E-state index is 12.0. The van der Waals surface area contributed by atoms with Gasteiger partial charge in [-0.05, 0) is 6.42 Å². The molecule has 0 aromatic rings. The molecule has 2 aliphatic rings. The Bertz CT molecular complexity index is 432. The van der Waals surface area contributed by atoms with Crippen LogP contribution in [0, 0.1) is 11.8 Å². The zero-order valence-corrected chi connectivity index (χ0v) is 11.2. The molecule has 0 radical (unpaired) electrons. The van der Waals surface area contributed by atoms with E-state index >= 15 is 0 Å². The van der Waals surface area contributed by atoms with Crippen molar-refractivity contribution < 1.29 is 14.4 Å². The number of hydrogen-bond acceptors (Lipinski definition) is 3. The Morgan fingerprint density at radius 3 is 2.71 bits per heavy atom. The summed E-state index contributed by atoms with van der Waals surface area (Å²) in [5, 5.41) is 2.72. The summed E-state index contributed by atoms with van der Waals surface area (Å²) in [6.45, 7) is 1.40. The Hall–Kier alpha value is -1.17. The van der Waals surface area contributed by atoms with E-state index in [2.05, 4.69) is 21.2 Å². The van der Waals surface area contributed by atoms with Crippen LogP contribution >= 0.6 is 15.9 Å². The standard InChI is InChI=1S/C11H13BrN2O3/c1-5(15)13-9-7(12)4-3-6-8(9)11(17)14(2)10(6)16/h4,6,8-9H,3H2,1-2H3,(H,13,15)/t6-,8-,9+/m0/s1. The van der Waals surface area contributed by atoms with Crippen molar-refractivity contribution in [3.8, 4) is 0 Å². The molecule has 1 heterocycles. The quantitative estimate of drug-likeness (QED) is 0.713. The minimum absolute atomic E-state index is 0.161. The molecule has 0 bridgehead atoms. The number of allylic oxidation sites excluding steroid dienone is 1. The third kappa shape index (κ3) is 1.90. The average molecular weight is 301 g/mol. The van der Waals surface area contributed by atoms with Gasteiger partial charge in [0.05, 0.1) is 17.9 Å². The fraction of sp³-hybridized carbons (Fsp3) is 0.545. The molecule has 1 aliphatic heterocycles. The number of likely N-dealkylation sites (tertiary alicyclic amines) is 1. The van der Waals surface area contributed by atoms with Crippen molar-refractivity contribution in [2.45, 2.75) is 19.4 Å². The molecular formula is C11H13BrN2O3. The molecule has 0 aromatic heterocycles. The SMILES string of the molecule is CC(=O)N[C@@H]1C(Br)=CC[C@@H]2C(=O)N(C)C(=O)[C@@H]21. The lowest BCUT2D eigenvalue weighted by molar-refractivity contribution is -0.138. The van der Waals surface area contributed by atoms with E-state index < -0.39 is 12.0 Å². The Balaban J connectivity index is 2.34. The fourth-order valence-corrected chi connectivity index (χ4v) is 3.03. The molecule has 0 unspecified atom stereocenters. The summed E-state index contributed by atoms with van der Waals surface area (Å²) in [4.78, 5) is 36.1. The van der Waals surface area contributed by atoms with E-state index in [1.54, 1.807) is 0 Å². The lowest BCUT2D eigenvalue weighted by Gasteiger charge is -2.29. The minimum Gasteiger partial charge on any atom is -0.348 e. The van der Waals surface area contributed by atoms with Crippen molar-refractivity contribution in [3.05, 3.63) is 10.6 Å². The molecular weight excluding hydrogens is 288 g/mol. The van der Waals surface area contributed by atoms with Crippen LogP contribution in [0.5, 0.6) is 0 Å². The minimum atomic E-state index is -0.476. The molecule has 6 heteroatoms. The highest BCUT2D eigenvalue weighted by molar-refractivity contribution is 9.11. The highest BCUT2D eigenvalue weighted by Gasteiger charge is 2.51. The van der Waals surface area contributed by atoms with Crippen LogP contribution in [-0.2, 0) is 14.4 Å². The lowest BCUT2D eigenvalue weighted by Crippen LogP contribution is -2.46. The van der Waals surface area contributed by atoms with Gasteiger partial charge >= 0.3 is 0 Å². The average Bonchev–Trinajstić information content (AvgIpc) is 2.47. The molecule has 0 saturated carbocycles. The second kappa shape index (κ2) is 4.25. The summed E-state index contributed by atoms with van der Waals surface area (Å²) in [7, 11) is 1.49. The third-order valence-corrected chi connectivity index (χ3v) is 4.10. The Kier molecular flexibility index (Phi) is 3.07. The molecule has 1 saturated heterocycles. The van der Waals surface area contributed by atoms with E-state index in [-0.39, 0.29) is 23.6 Å². The first-order chi connectivity index (χ1) is 7.93. The molecule has 3 atom stereocenters. The van der Waals surface area contributed by atoms with Gasteiger partial charge in [-0.15, -0.1) is 0 Å². The topological polar surface area (TPSA) is 66.5 Å². The van der Waals surface area contributed by atoms with Gasteiger partial charge in [0.2, 0.25) is 17.7 Å². The van der Waals surface area contributed by atoms with Crippen LogP contribution < -0.4 is 5.32 Å². The number of halogens is 1. The predicted octanol–water partition coefficient (Wildman–Crippen LogP) is 0.405. The van der Waals surface area contributed by atoms with Gasteiger partial charge in [0.1, 0.15) is 0 Å². The normalized spacial score (nSPS) is 32.3. The number of rotatable bonds is 1. The van der Waals surface area contributed by atoms with E-state index in [0.29, 0.717) is 6.42 Å². The molecule has 1 N–H and O–H groups in total. The van der Waals surface area contributed by atoms with Gasteiger partial charge in [0, 0.05) is 18.5 Å². The van der Waals surface area contributed by atoms with Crippen molar-refractivity contribution in [3.63, 3.8) is 0 Å². The van der Waals surface area contributed by atoms with Gasteiger partial charge in [-0.1, -0.05) is 22.0 Å². The predicted molar refractivity (Wildman–Crippen MR) is 64.0 cm³/mol. The summed E-state index contributed by atoms with van der Waals surface area (Å²) in [5.74, 6) is -1.41. The van der Waals surface area contributed by atoms with Crippen LogP contribution in [0.25, 0.3) is 0 Å². The molecule has 0 aromatic carbocycles. The van der Waals surface area contributed by atoms with Crippen LogP contribution in [0.2, 0.25) is 0 Å². The fourth-order valence-electron chi connectivity index (χ4n) is 2.44. The Labute approximate surface area is 107 Å². The molecule has 2 rings (SSSR count). The maximum absolute atomic E-state index is 12.0. The van der Waals surface area contributed by atoms with Crippen LogP contribution in [0.3, 0.4) is 0 Å². The summed E-state index contributed by atoms with van der Waals surface area (Å²) in [5.41, 5.74) is 0. The maximum Gasteiger partial charge on any atom is 0.235 e. The summed E-state index contributed by atoms with van der Waals surface area (Å²) >= 11 is 3.35. The Morgan fingerprint density at radius 1 is 1.47 bits per heavy atom. The van der Waals surface area contributed by atoms with E-state index in [0.717, 1.165) is 9.38 Å². The Morgan fingerprint density at radius 2 is 2.12 bits per heavy atom. The van der Waals surface area contributed by atoms with Crippen molar-refractivity contribution >= 4 is 33.7 Å².